The van der Waals surface area contributed by atoms with E-state index in [0.29, 0.717) is 11.5 Å². The Kier molecular flexibility index (Phi) is 4.11. The number of rotatable bonds is 3. The normalized spacial score (nSPS) is 20.3. The molecule has 2 rings (SSSR count). The van der Waals surface area contributed by atoms with E-state index in [2.05, 4.69) is 51.3 Å². The molecule has 1 N–H and O–H groups in total. The molecule has 100 valence electrons. The highest BCUT2D eigenvalue weighted by molar-refractivity contribution is 5.38. The van der Waals surface area contributed by atoms with Crippen molar-refractivity contribution in [3.05, 3.63) is 34.9 Å². The highest BCUT2D eigenvalue weighted by atomic mass is 14.9. The zero-order valence-electron chi connectivity index (χ0n) is 12.3. The van der Waals surface area contributed by atoms with Gasteiger partial charge in [0.1, 0.15) is 0 Å². The predicted molar refractivity (Wildman–Crippen MR) is 79.1 cm³/mol. The van der Waals surface area contributed by atoms with Crippen molar-refractivity contribution >= 4 is 0 Å². The van der Waals surface area contributed by atoms with Gasteiger partial charge in [-0.15, -0.1) is 0 Å². The molecule has 1 aromatic rings. The van der Waals surface area contributed by atoms with Crippen molar-refractivity contribution in [3.63, 3.8) is 0 Å². The fourth-order valence-electron chi connectivity index (χ4n) is 2.89. The van der Waals surface area contributed by atoms with Gasteiger partial charge in [0.2, 0.25) is 0 Å². The number of aryl methyl sites for hydroxylation is 1. The maximum atomic E-state index is 3.50. The molecule has 1 atom stereocenters. The molecule has 1 aliphatic carbocycles. The van der Waals surface area contributed by atoms with Crippen LogP contribution < -0.4 is 5.32 Å². The summed E-state index contributed by atoms with van der Waals surface area (Å²) >= 11 is 0. The third-order valence-corrected chi connectivity index (χ3v) is 4.72. The van der Waals surface area contributed by atoms with Gasteiger partial charge < -0.3 is 5.32 Å². The van der Waals surface area contributed by atoms with Gasteiger partial charge in [0, 0.05) is 6.04 Å². The smallest absolute Gasteiger partial charge is 0.0320 e. The van der Waals surface area contributed by atoms with Crippen LogP contribution in [0.1, 0.15) is 69.2 Å². The van der Waals surface area contributed by atoms with Gasteiger partial charge in [0.25, 0.3) is 0 Å². The molecular weight excluding hydrogens is 218 g/mol. The minimum atomic E-state index is 0.291. The molecule has 0 heterocycles. The van der Waals surface area contributed by atoms with Crippen LogP contribution in [0.5, 0.6) is 0 Å². The van der Waals surface area contributed by atoms with Crippen LogP contribution >= 0.6 is 0 Å². The Bertz CT molecular complexity index is 406. The summed E-state index contributed by atoms with van der Waals surface area (Å²) in [5.41, 5.74) is 4.89. The molecule has 1 nitrogen and oxygen atoms in total. The molecule has 0 fully saturated rings. The van der Waals surface area contributed by atoms with Crippen LogP contribution in [-0.4, -0.2) is 7.05 Å². The van der Waals surface area contributed by atoms with Crippen molar-refractivity contribution in [1.82, 2.24) is 5.32 Å². The zero-order valence-corrected chi connectivity index (χ0v) is 12.3. The Hall–Kier alpha value is -0.820. The lowest BCUT2D eigenvalue weighted by molar-refractivity contribution is 0.500. The summed E-state index contributed by atoms with van der Waals surface area (Å²) in [4.78, 5) is 0. The Morgan fingerprint density at radius 2 is 2.06 bits per heavy atom. The van der Waals surface area contributed by atoms with Crippen LogP contribution in [0.15, 0.2) is 18.2 Å². The van der Waals surface area contributed by atoms with Crippen molar-refractivity contribution < 1.29 is 0 Å². The third kappa shape index (κ3) is 2.61. The lowest BCUT2D eigenvalue weighted by atomic mass is 9.80. The number of benzene rings is 1. The summed E-state index contributed by atoms with van der Waals surface area (Å²) in [6.07, 6.45) is 6.39. The maximum absolute atomic E-state index is 3.50. The molecule has 1 aromatic carbocycles. The third-order valence-electron chi connectivity index (χ3n) is 4.72. The van der Waals surface area contributed by atoms with Crippen LogP contribution in [-0.2, 0) is 11.8 Å². The van der Waals surface area contributed by atoms with Crippen molar-refractivity contribution in [2.75, 3.05) is 7.05 Å². The van der Waals surface area contributed by atoms with Crippen LogP contribution in [0.3, 0.4) is 0 Å². The van der Waals surface area contributed by atoms with E-state index < -0.39 is 0 Å². The predicted octanol–water partition coefficient (Wildman–Crippen LogP) is 4.36. The minimum Gasteiger partial charge on any atom is -0.313 e. The second-order valence-electron chi connectivity index (χ2n) is 6.24. The second-order valence-corrected chi connectivity index (χ2v) is 6.24. The van der Waals surface area contributed by atoms with E-state index in [1.807, 2.05) is 0 Å². The standard InChI is InChI=1S/C17H27N/c1-5-17(2,3)14-11-10-13-8-6-7-9-16(18-4)15(13)12-14/h10-12,16,18H,5-9H2,1-4H3. The summed E-state index contributed by atoms with van der Waals surface area (Å²) < 4.78 is 0. The summed E-state index contributed by atoms with van der Waals surface area (Å²) in [5, 5.41) is 3.50. The van der Waals surface area contributed by atoms with Crippen LogP contribution in [0.2, 0.25) is 0 Å². The Morgan fingerprint density at radius 3 is 2.72 bits per heavy atom. The van der Waals surface area contributed by atoms with Gasteiger partial charge in [-0.25, -0.2) is 0 Å². The quantitative estimate of drug-likeness (QED) is 0.780. The molecule has 0 aliphatic heterocycles. The fraction of sp³-hybridized carbons (Fsp3) is 0.647. The first kappa shape index (κ1) is 13.6. The zero-order chi connectivity index (χ0) is 13.2. The molecule has 0 saturated heterocycles. The average molecular weight is 245 g/mol. The summed E-state index contributed by atoms with van der Waals surface area (Å²) in [6, 6.07) is 7.73. The minimum absolute atomic E-state index is 0.291. The van der Waals surface area contributed by atoms with Crippen molar-refractivity contribution in [2.24, 2.45) is 0 Å². The van der Waals surface area contributed by atoms with E-state index in [9.17, 15) is 0 Å². The molecule has 0 spiro atoms. The molecule has 18 heavy (non-hydrogen) atoms. The number of hydrogen-bond acceptors (Lipinski definition) is 1. The molecule has 1 aliphatic rings. The number of fused-ring (bicyclic) bond motifs is 1. The summed E-state index contributed by atoms with van der Waals surface area (Å²) in [6.45, 7) is 6.97. The lowest BCUT2D eigenvalue weighted by Crippen LogP contribution is -2.20. The first-order chi connectivity index (χ1) is 8.58. The molecule has 0 saturated carbocycles. The second kappa shape index (κ2) is 5.44. The molecular formula is C17H27N. The molecule has 0 aromatic heterocycles. The van der Waals surface area contributed by atoms with Gasteiger partial charge in [-0.2, -0.15) is 0 Å². The van der Waals surface area contributed by atoms with E-state index in [4.69, 9.17) is 0 Å². The van der Waals surface area contributed by atoms with Gasteiger partial charge >= 0.3 is 0 Å². The Balaban J connectivity index is 2.42. The van der Waals surface area contributed by atoms with E-state index >= 15 is 0 Å². The molecule has 0 bridgehead atoms. The van der Waals surface area contributed by atoms with Crippen LogP contribution in [0, 0.1) is 0 Å². The van der Waals surface area contributed by atoms with E-state index in [-0.39, 0.29) is 0 Å². The Morgan fingerprint density at radius 1 is 1.28 bits per heavy atom. The molecule has 0 radical (unpaired) electrons. The number of hydrogen-bond donors (Lipinski definition) is 1. The molecule has 1 unspecified atom stereocenters. The van der Waals surface area contributed by atoms with E-state index in [1.165, 1.54) is 37.7 Å². The van der Waals surface area contributed by atoms with Gasteiger partial charge in [-0.1, -0.05) is 45.4 Å². The van der Waals surface area contributed by atoms with Gasteiger partial charge in [0.15, 0.2) is 0 Å². The van der Waals surface area contributed by atoms with Gasteiger partial charge in [0.05, 0.1) is 0 Å². The number of nitrogens with one attached hydrogen (secondary N) is 1. The fourth-order valence-corrected chi connectivity index (χ4v) is 2.89. The van der Waals surface area contributed by atoms with Crippen molar-refractivity contribution in [2.45, 2.75) is 64.3 Å². The average Bonchev–Trinajstić information content (AvgIpc) is 2.59. The van der Waals surface area contributed by atoms with Crippen molar-refractivity contribution in [3.8, 4) is 0 Å². The first-order valence-corrected chi connectivity index (χ1v) is 7.39. The lowest BCUT2D eigenvalue weighted by Gasteiger charge is -2.26. The molecule has 0 amide bonds. The van der Waals surface area contributed by atoms with Crippen molar-refractivity contribution in [1.29, 1.82) is 0 Å². The van der Waals surface area contributed by atoms with Gasteiger partial charge in [-0.3, -0.25) is 0 Å². The van der Waals surface area contributed by atoms with Crippen LogP contribution in [0.25, 0.3) is 0 Å². The molecule has 1 heteroatoms. The van der Waals surface area contributed by atoms with E-state index in [0.717, 1.165) is 0 Å². The highest BCUT2D eigenvalue weighted by Crippen LogP contribution is 2.34. The SMILES string of the molecule is CCC(C)(C)c1ccc2c(c1)C(NC)CCCC2. The summed E-state index contributed by atoms with van der Waals surface area (Å²) in [5.74, 6) is 0. The van der Waals surface area contributed by atoms with Crippen LogP contribution in [0.4, 0.5) is 0 Å². The topological polar surface area (TPSA) is 12.0 Å². The largest absolute Gasteiger partial charge is 0.313 e. The Labute approximate surface area is 112 Å². The highest BCUT2D eigenvalue weighted by Gasteiger charge is 2.22. The summed E-state index contributed by atoms with van der Waals surface area (Å²) in [7, 11) is 2.09. The first-order valence-electron chi connectivity index (χ1n) is 7.39. The monoisotopic (exact) mass is 245 g/mol. The van der Waals surface area contributed by atoms with E-state index in [1.54, 1.807) is 11.1 Å². The van der Waals surface area contributed by atoms with Gasteiger partial charge in [-0.05, 0) is 54.8 Å². The maximum Gasteiger partial charge on any atom is 0.0320 e.